The summed E-state index contributed by atoms with van der Waals surface area (Å²) in [7, 11) is 3.19. The number of benzene rings is 2. The second-order valence-corrected chi connectivity index (χ2v) is 7.51. The Balaban J connectivity index is 1.42. The van der Waals surface area contributed by atoms with Gasteiger partial charge in [0, 0.05) is 11.6 Å². The summed E-state index contributed by atoms with van der Waals surface area (Å²) in [5.74, 6) is 2.05. The average molecular weight is 447 g/mol. The topological polar surface area (TPSA) is 99.9 Å². The largest absolute Gasteiger partial charge is 0.497 e. The lowest BCUT2D eigenvalue weighted by Crippen LogP contribution is -2.31. The number of rotatable bonds is 8. The predicted octanol–water partition coefficient (Wildman–Crippen LogP) is 3.37. The van der Waals surface area contributed by atoms with E-state index in [-0.39, 0.29) is 12.5 Å². The molecule has 0 aliphatic rings. The molecule has 9 heteroatoms. The smallest absolute Gasteiger partial charge is 0.258 e. The van der Waals surface area contributed by atoms with Gasteiger partial charge in [0.25, 0.3) is 5.91 Å². The van der Waals surface area contributed by atoms with E-state index in [4.69, 9.17) is 14.2 Å². The van der Waals surface area contributed by atoms with Crippen molar-refractivity contribution in [2.75, 3.05) is 20.8 Å². The van der Waals surface area contributed by atoms with Crippen molar-refractivity contribution in [1.82, 2.24) is 24.9 Å². The molecule has 9 nitrogen and oxygen atoms in total. The summed E-state index contributed by atoms with van der Waals surface area (Å²) in [6.45, 7) is 3.62. The van der Waals surface area contributed by atoms with Crippen LogP contribution >= 0.6 is 0 Å². The molecule has 0 radical (unpaired) electrons. The van der Waals surface area contributed by atoms with E-state index in [1.165, 1.54) is 0 Å². The van der Waals surface area contributed by atoms with Crippen LogP contribution in [0.1, 0.15) is 24.4 Å². The fourth-order valence-electron chi connectivity index (χ4n) is 3.30. The molecule has 0 spiro atoms. The van der Waals surface area contributed by atoms with Crippen molar-refractivity contribution in [3.8, 4) is 28.5 Å². The maximum absolute atomic E-state index is 12.4. The fourth-order valence-corrected chi connectivity index (χ4v) is 3.30. The normalized spacial score (nSPS) is 11.8. The zero-order valence-electron chi connectivity index (χ0n) is 18.9. The minimum atomic E-state index is -0.412. The van der Waals surface area contributed by atoms with Crippen LogP contribution in [-0.2, 0) is 4.79 Å². The first kappa shape index (κ1) is 22.1. The van der Waals surface area contributed by atoms with E-state index in [1.807, 2.05) is 56.3 Å². The van der Waals surface area contributed by atoms with E-state index in [9.17, 15) is 4.79 Å². The molecule has 2 aromatic carbocycles. The fraction of sp³-hybridized carbons (Fsp3) is 0.250. The Kier molecular flexibility index (Phi) is 6.39. The zero-order chi connectivity index (χ0) is 23.4. The molecule has 0 aliphatic carbocycles. The third kappa shape index (κ3) is 5.03. The lowest BCUT2D eigenvalue weighted by molar-refractivity contribution is -0.123. The maximum Gasteiger partial charge on any atom is 0.258 e. The van der Waals surface area contributed by atoms with Crippen LogP contribution in [0.5, 0.6) is 17.2 Å². The molecule has 0 aliphatic heterocycles. The second-order valence-electron chi connectivity index (χ2n) is 7.51. The molecule has 0 saturated carbocycles. The number of carbonyl (C=O) groups excluding carboxylic acids is 1. The molecule has 170 valence electrons. The Hall–Kier alpha value is -4.14. The molecule has 1 N–H and O–H groups in total. The van der Waals surface area contributed by atoms with Gasteiger partial charge in [-0.25, -0.2) is 14.5 Å². The number of nitrogens with zero attached hydrogens (tertiary/aromatic N) is 4. The van der Waals surface area contributed by atoms with E-state index in [0.717, 1.165) is 22.6 Å². The Morgan fingerprint density at radius 1 is 1.06 bits per heavy atom. The number of hydrogen-bond donors (Lipinski definition) is 1. The number of fused-ring (bicyclic) bond motifs is 1. The first-order valence-electron chi connectivity index (χ1n) is 10.4. The summed E-state index contributed by atoms with van der Waals surface area (Å²) >= 11 is 0. The molecule has 33 heavy (non-hydrogen) atoms. The van der Waals surface area contributed by atoms with Gasteiger partial charge in [-0.1, -0.05) is 6.07 Å². The van der Waals surface area contributed by atoms with Gasteiger partial charge in [0.15, 0.2) is 29.6 Å². The van der Waals surface area contributed by atoms with E-state index in [1.54, 1.807) is 31.1 Å². The number of ether oxygens (including phenoxy) is 3. The zero-order valence-corrected chi connectivity index (χ0v) is 18.9. The molecule has 0 saturated heterocycles. The molecule has 0 fully saturated rings. The number of amides is 1. The van der Waals surface area contributed by atoms with Crippen LogP contribution in [0.3, 0.4) is 0 Å². The quantitative estimate of drug-likeness (QED) is 0.442. The molecule has 4 aromatic rings. The summed E-state index contributed by atoms with van der Waals surface area (Å²) in [6, 6.07) is 14.6. The minimum absolute atomic E-state index is 0.152. The Morgan fingerprint density at radius 2 is 1.85 bits per heavy atom. The Labute approximate surface area is 191 Å². The summed E-state index contributed by atoms with van der Waals surface area (Å²) in [6.07, 6.45) is 1.60. The van der Waals surface area contributed by atoms with Crippen LogP contribution in [0.2, 0.25) is 0 Å². The van der Waals surface area contributed by atoms with Crippen LogP contribution in [0.25, 0.3) is 16.9 Å². The average Bonchev–Trinajstić information content (AvgIpc) is 3.27. The highest BCUT2D eigenvalue weighted by atomic mass is 16.5. The number of nitrogens with one attached hydrogen (secondary N) is 1. The molecule has 4 rings (SSSR count). The highest BCUT2D eigenvalue weighted by Gasteiger charge is 2.16. The Bertz CT molecular complexity index is 1270. The van der Waals surface area contributed by atoms with Crippen molar-refractivity contribution in [2.24, 2.45) is 0 Å². The molecule has 0 bridgehead atoms. The maximum atomic E-state index is 12.4. The van der Waals surface area contributed by atoms with Gasteiger partial charge >= 0.3 is 0 Å². The SMILES string of the molecule is COc1ccc(-c2cc3nc([C@H](C)NC(=O)COc4ccc(C)cc4OC)nn3cn2)cc1. The van der Waals surface area contributed by atoms with Crippen molar-refractivity contribution >= 4 is 11.6 Å². The first-order chi connectivity index (χ1) is 16.0. The van der Waals surface area contributed by atoms with Crippen molar-refractivity contribution in [2.45, 2.75) is 19.9 Å². The van der Waals surface area contributed by atoms with Crippen molar-refractivity contribution in [3.63, 3.8) is 0 Å². The standard InChI is InChI=1S/C24H25N5O4/c1-15-5-10-20(21(11-15)32-4)33-13-23(30)26-16(2)24-27-22-12-19(25-14-29(22)28-24)17-6-8-18(31-3)9-7-17/h5-12,14,16H,13H2,1-4H3,(H,26,30)/t16-/m0/s1. The molecular weight excluding hydrogens is 422 g/mol. The van der Waals surface area contributed by atoms with E-state index >= 15 is 0 Å². The molecule has 2 aromatic heterocycles. The van der Waals surface area contributed by atoms with Gasteiger partial charge in [-0.15, -0.1) is 5.10 Å². The molecule has 1 amide bonds. The lowest BCUT2D eigenvalue weighted by Gasteiger charge is -2.13. The highest BCUT2D eigenvalue weighted by molar-refractivity contribution is 5.78. The minimum Gasteiger partial charge on any atom is -0.497 e. The van der Waals surface area contributed by atoms with Crippen molar-refractivity contribution in [1.29, 1.82) is 0 Å². The number of methoxy groups -OCH3 is 2. The van der Waals surface area contributed by atoms with Gasteiger partial charge in [0.1, 0.15) is 12.1 Å². The van der Waals surface area contributed by atoms with Crippen molar-refractivity contribution < 1.29 is 19.0 Å². The predicted molar refractivity (Wildman–Crippen MR) is 123 cm³/mol. The molecule has 0 unspecified atom stereocenters. The van der Waals surface area contributed by atoms with Crippen molar-refractivity contribution in [3.05, 3.63) is 66.2 Å². The molecule has 2 heterocycles. The molecular formula is C24H25N5O4. The number of aromatic nitrogens is 4. The van der Waals surface area contributed by atoms with Gasteiger partial charge < -0.3 is 19.5 Å². The summed E-state index contributed by atoms with van der Waals surface area (Å²) in [5.41, 5.74) is 3.38. The third-order valence-electron chi connectivity index (χ3n) is 5.07. The molecule has 1 atom stereocenters. The van der Waals surface area contributed by atoms with Crippen LogP contribution in [0.4, 0.5) is 0 Å². The van der Waals surface area contributed by atoms with E-state index < -0.39 is 6.04 Å². The van der Waals surface area contributed by atoms with Crippen LogP contribution < -0.4 is 19.5 Å². The Morgan fingerprint density at radius 3 is 2.58 bits per heavy atom. The van der Waals surface area contributed by atoms with Crippen LogP contribution in [0, 0.1) is 6.92 Å². The van der Waals surface area contributed by atoms with Crippen LogP contribution in [-0.4, -0.2) is 46.3 Å². The summed E-state index contributed by atoms with van der Waals surface area (Å²) in [4.78, 5) is 21.4. The van der Waals surface area contributed by atoms with Gasteiger partial charge in [-0.3, -0.25) is 4.79 Å². The number of aryl methyl sites for hydroxylation is 1. The van der Waals surface area contributed by atoms with Gasteiger partial charge in [-0.2, -0.15) is 0 Å². The van der Waals surface area contributed by atoms with Gasteiger partial charge in [0.2, 0.25) is 0 Å². The highest BCUT2D eigenvalue weighted by Crippen LogP contribution is 2.27. The van der Waals surface area contributed by atoms with E-state index in [0.29, 0.717) is 23.0 Å². The monoisotopic (exact) mass is 447 g/mol. The summed E-state index contributed by atoms with van der Waals surface area (Å²) in [5, 5.41) is 7.29. The first-order valence-corrected chi connectivity index (χ1v) is 10.4. The van der Waals surface area contributed by atoms with Crippen LogP contribution in [0.15, 0.2) is 54.9 Å². The van der Waals surface area contributed by atoms with E-state index in [2.05, 4.69) is 20.4 Å². The number of carbonyl (C=O) groups is 1. The third-order valence-corrected chi connectivity index (χ3v) is 5.07. The summed E-state index contributed by atoms with van der Waals surface area (Å²) < 4.78 is 17.7. The number of hydrogen-bond acceptors (Lipinski definition) is 7. The van der Waals surface area contributed by atoms with Gasteiger partial charge in [0.05, 0.1) is 26.0 Å². The lowest BCUT2D eigenvalue weighted by atomic mass is 10.1. The second kappa shape index (κ2) is 9.56. The van der Waals surface area contributed by atoms with Gasteiger partial charge in [-0.05, 0) is 55.8 Å².